The van der Waals surface area contributed by atoms with E-state index in [4.69, 9.17) is 15.9 Å². The van der Waals surface area contributed by atoms with Gasteiger partial charge in [0.25, 0.3) is 38.5 Å². The summed E-state index contributed by atoms with van der Waals surface area (Å²) < 4.78 is 67.9. The highest BCUT2D eigenvalue weighted by molar-refractivity contribution is 7.86. The maximum atomic E-state index is 12.1. The second-order valence-electron chi connectivity index (χ2n) is 7.64. The van der Waals surface area contributed by atoms with E-state index in [1.807, 2.05) is 0 Å². The van der Waals surface area contributed by atoms with E-state index in [2.05, 4.69) is 52.1 Å². The molecule has 0 bridgehead atoms. The molecule has 0 aliphatic carbocycles. The number of fused-ring (bicyclic) bond motifs is 1. The number of azo groups is 2. The van der Waals surface area contributed by atoms with Crippen LogP contribution < -0.4 is 32.4 Å². The van der Waals surface area contributed by atoms with E-state index in [0.717, 1.165) is 0 Å². The number of benzene rings is 2. The topological polar surface area (TPSA) is 353 Å². The van der Waals surface area contributed by atoms with Gasteiger partial charge in [0.15, 0.2) is 5.75 Å². The summed E-state index contributed by atoms with van der Waals surface area (Å²) in [5.74, 6) is -4.58. The van der Waals surface area contributed by atoms with Crippen molar-refractivity contribution in [3.05, 3.63) is 12.1 Å². The number of anilines is 3. The van der Waals surface area contributed by atoms with Crippen LogP contribution in [0.4, 0.5) is 17.1 Å². The third kappa shape index (κ3) is 5.34. The molecule has 0 aromatic heterocycles. The number of nitrogens with one attached hydrogen (secondary N) is 5. The maximum absolute atomic E-state index is 12.1. The van der Waals surface area contributed by atoms with E-state index in [-0.39, 0.29) is 5.96 Å². The van der Waals surface area contributed by atoms with Crippen LogP contribution >= 0.6 is 0 Å². The summed E-state index contributed by atoms with van der Waals surface area (Å²) in [6.07, 6.45) is -3.05. The number of phenols is 1. The number of phenolic OH excluding ortho intramolecular Hbond substituents is 1. The molecule has 12 N–H and O–H groups in total. The van der Waals surface area contributed by atoms with Gasteiger partial charge in [0, 0.05) is 5.11 Å². The molecule has 4 rings (SSSR count). The highest BCUT2D eigenvalue weighted by atomic mass is 32.2. The monoisotopic (exact) mass is 602 g/mol. The van der Waals surface area contributed by atoms with E-state index < -0.39 is 93.8 Å². The molecular weight excluding hydrogens is 586 g/mol. The molecule has 0 radical (unpaired) electrons. The standard InChI is InChI=1S/C16H15N11O11S2/c17-7-6-3(1-4(39(33,34)35)8(7)20-24-15-18-11(13(29)30)22-26-15)2-5(40(36,37)38)9(10(6)28)21-25-16-19-12(14(31)32)23-27-16/h1-2,11-12,20-21,28H,17H2,(H,18,24)(H,19,25)(H,29,30)(H,31,32)(H,33,34,35)(H,36,37,38)/p+1. The summed E-state index contributed by atoms with van der Waals surface area (Å²) in [6, 6.07) is 1.41. The Morgan fingerprint density at radius 1 is 0.875 bits per heavy atom. The lowest BCUT2D eigenvalue weighted by atomic mass is 10.0. The lowest BCUT2D eigenvalue weighted by molar-refractivity contribution is -0.484. The number of nitrogens with zero attached hydrogens (tertiary/aromatic N) is 5. The van der Waals surface area contributed by atoms with Crippen LogP contribution in [0.5, 0.6) is 5.75 Å². The number of guanidine groups is 2. The summed E-state index contributed by atoms with van der Waals surface area (Å²) in [6.45, 7) is 0. The first-order chi connectivity index (χ1) is 18.6. The van der Waals surface area contributed by atoms with Crippen molar-refractivity contribution >= 4 is 71.9 Å². The predicted octanol–water partition coefficient (Wildman–Crippen LogP) is -3.00. The van der Waals surface area contributed by atoms with Crippen LogP contribution in [0, 0.1) is 0 Å². The Kier molecular flexibility index (Phi) is 6.84. The molecule has 0 saturated carbocycles. The van der Waals surface area contributed by atoms with Crippen molar-refractivity contribution in [1.82, 2.24) is 10.9 Å². The smallest absolute Gasteiger partial charge is 0.431 e. The van der Waals surface area contributed by atoms with Crippen LogP contribution in [0.25, 0.3) is 10.8 Å². The number of carboxylic acid groups (broad SMARTS) is 2. The van der Waals surface area contributed by atoms with E-state index in [1.165, 1.54) is 0 Å². The number of nitrogens with two attached hydrogens (primary N) is 1. The zero-order valence-corrected chi connectivity index (χ0v) is 20.8. The number of hydrogen-bond donors (Lipinski definition) is 11. The van der Waals surface area contributed by atoms with Gasteiger partial charge >= 0.3 is 17.9 Å². The molecule has 40 heavy (non-hydrogen) atoms. The average Bonchev–Trinajstić information content (AvgIpc) is 3.51. The Morgan fingerprint density at radius 2 is 1.48 bits per heavy atom. The van der Waals surface area contributed by atoms with Crippen LogP contribution in [0.15, 0.2) is 47.4 Å². The zero-order valence-electron chi connectivity index (χ0n) is 19.1. The van der Waals surface area contributed by atoms with Crippen molar-refractivity contribution < 1.29 is 55.8 Å². The Bertz CT molecular complexity index is 1680. The number of rotatable bonds is 8. The number of carboxylic acids is 2. The maximum Gasteiger partial charge on any atom is 0.431 e. The van der Waals surface area contributed by atoms with Gasteiger partial charge in [-0.05, 0) is 17.5 Å². The van der Waals surface area contributed by atoms with Gasteiger partial charge in [-0.3, -0.25) is 20.0 Å². The average molecular weight is 603 g/mol. The molecule has 212 valence electrons. The first-order valence-electron chi connectivity index (χ1n) is 10.2. The molecule has 2 aromatic carbocycles. The summed E-state index contributed by atoms with van der Waals surface area (Å²) >= 11 is 0. The molecule has 0 fully saturated rings. The predicted molar refractivity (Wildman–Crippen MR) is 129 cm³/mol. The van der Waals surface area contributed by atoms with Crippen LogP contribution in [-0.2, 0) is 29.8 Å². The quantitative estimate of drug-likeness (QED) is 0.0620. The molecule has 22 nitrogen and oxygen atoms in total. The fourth-order valence-corrected chi connectivity index (χ4v) is 4.72. The summed E-state index contributed by atoms with van der Waals surface area (Å²) in [5.41, 5.74) is 13.1. The van der Waals surface area contributed by atoms with Crippen molar-refractivity contribution in [2.24, 2.45) is 25.4 Å². The van der Waals surface area contributed by atoms with Crippen molar-refractivity contribution in [2.45, 2.75) is 22.1 Å². The number of hydrazine groups is 2. The first-order valence-corrected chi connectivity index (χ1v) is 13.1. The lowest BCUT2D eigenvalue weighted by Gasteiger charge is -2.19. The molecule has 0 spiro atoms. The van der Waals surface area contributed by atoms with Gasteiger partial charge in [0.05, 0.1) is 16.8 Å². The largest absolute Gasteiger partial charge is 0.505 e. The third-order valence-corrected chi connectivity index (χ3v) is 6.79. The Morgan fingerprint density at radius 3 is 2.00 bits per heavy atom. The van der Waals surface area contributed by atoms with Gasteiger partial charge in [-0.15, -0.1) is 10.2 Å². The number of carbonyl (C=O) groups is 2. The normalized spacial score (nSPS) is 18.4. The van der Waals surface area contributed by atoms with E-state index in [0.29, 0.717) is 12.1 Å². The van der Waals surface area contributed by atoms with Crippen molar-refractivity contribution in [2.75, 3.05) is 16.6 Å². The highest BCUT2D eigenvalue weighted by Gasteiger charge is 2.31. The molecule has 2 aliphatic heterocycles. The molecule has 2 unspecified atom stereocenters. The number of hydrogen-bond acceptors (Lipinski definition) is 17. The van der Waals surface area contributed by atoms with E-state index >= 15 is 0 Å². The van der Waals surface area contributed by atoms with E-state index in [9.17, 15) is 40.6 Å². The Labute approximate surface area is 220 Å². The number of aromatic hydroxyl groups is 1. The number of nitrogen functional groups attached to an aromatic ring is 1. The second-order valence-corrected chi connectivity index (χ2v) is 10.4. The molecule has 2 atom stereocenters. The van der Waals surface area contributed by atoms with Crippen LogP contribution in [0.2, 0.25) is 0 Å². The van der Waals surface area contributed by atoms with Crippen molar-refractivity contribution in [3.8, 4) is 5.75 Å². The van der Waals surface area contributed by atoms with E-state index in [1.54, 1.807) is 0 Å². The number of aliphatic carboxylic acids is 2. The van der Waals surface area contributed by atoms with Gasteiger partial charge in [-0.25, -0.2) is 25.0 Å². The summed E-state index contributed by atoms with van der Waals surface area (Å²) in [7, 11) is -10.2. The molecule has 24 heteroatoms. The summed E-state index contributed by atoms with van der Waals surface area (Å²) in [4.78, 5) is 25.9. The highest BCUT2D eigenvalue weighted by Crippen LogP contribution is 2.45. The van der Waals surface area contributed by atoms with Gasteiger partial charge in [0.1, 0.15) is 15.5 Å². The molecule has 0 amide bonds. The van der Waals surface area contributed by atoms with Crippen LogP contribution in [-0.4, -0.2) is 77.4 Å². The van der Waals surface area contributed by atoms with Crippen molar-refractivity contribution in [1.29, 1.82) is 0 Å². The molecule has 2 aromatic rings. The van der Waals surface area contributed by atoms with Gasteiger partial charge in [-0.2, -0.15) is 22.3 Å². The molecule has 2 aliphatic rings. The minimum atomic E-state index is -5.13. The fraction of sp³-hybridized carbons (Fsp3) is 0.125. The van der Waals surface area contributed by atoms with Gasteiger partial charge in [0.2, 0.25) is 0 Å². The summed E-state index contributed by atoms with van der Waals surface area (Å²) in [5, 5.41) is 41.6. The Balaban J connectivity index is 1.83. The minimum Gasteiger partial charge on any atom is -0.505 e. The van der Waals surface area contributed by atoms with Crippen molar-refractivity contribution in [3.63, 3.8) is 0 Å². The minimum absolute atomic E-state index is 0.333. The second kappa shape index (κ2) is 9.84. The van der Waals surface area contributed by atoms with Gasteiger partial charge < -0.3 is 21.1 Å². The number of aliphatic imine (C=N–C) groups is 1. The SMILES string of the molecule is Nc1c(NNC2=NC(C(=O)O)N=N2)c(S(=O)(=O)O)cc2cc(S(=O)(=O)O)c(NNC3=[NH+]C(C(=O)O)N=N3)c(O)c12. The molecular formula is C16H16N11O11S2+. The molecule has 0 saturated heterocycles. The zero-order chi connectivity index (χ0) is 29.6. The molecule has 2 heterocycles. The Hall–Kier alpha value is -5.20. The fourth-order valence-electron chi connectivity index (χ4n) is 3.34. The first kappa shape index (κ1) is 27.8. The lowest BCUT2D eigenvalue weighted by Crippen LogP contribution is -2.81. The van der Waals surface area contributed by atoms with Gasteiger partial charge in [-0.1, -0.05) is 5.11 Å². The van der Waals surface area contributed by atoms with Crippen LogP contribution in [0.3, 0.4) is 0 Å². The third-order valence-electron chi connectivity index (χ3n) is 5.04. The van der Waals surface area contributed by atoms with Crippen LogP contribution in [0.1, 0.15) is 0 Å².